The van der Waals surface area contributed by atoms with Crippen molar-refractivity contribution < 1.29 is 8.42 Å². The van der Waals surface area contributed by atoms with Crippen LogP contribution in [-0.4, -0.2) is 45.4 Å². The predicted octanol–water partition coefficient (Wildman–Crippen LogP) is 0.941. The molecule has 0 bridgehead atoms. The molecule has 0 aromatic rings. The third kappa shape index (κ3) is 5.22. The second kappa shape index (κ2) is 7.43. The highest BCUT2D eigenvalue weighted by atomic mass is 32.2. The molecule has 1 fully saturated rings. The SMILES string of the molecule is CCNCCCN(C)S(=O)(=O)NC1CCC(C)C1. The Morgan fingerprint density at radius 3 is 2.61 bits per heavy atom. The van der Waals surface area contributed by atoms with Crippen LogP contribution in [0.15, 0.2) is 0 Å². The van der Waals surface area contributed by atoms with Crippen LogP contribution in [0.25, 0.3) is 0 Å². The largest absolute Gasteiger partial charge is 0.317 e. The van der Waals surface area contributed by atoms with Crippen molar-refractivity contribution in [3.63, 3.8) is 0 Å². The van der Waals surface area contributed by atoms with E-state index in [1.54, 1.807) is 7.05 Å². The molecule has 1 saturated carbocycles. The fourth-order valence-electron chi connectivity index (χ4n) is 2.34. The van der Waals surface area contributed by atoms with Gasteiger partial charge < -0.3 is 5.32 Å². The highest BCUT2D eigenvalue weighted by Crippen LogP contribution is 2.25. The Morgan fingerprint density at radius 1 is 1.33 bits per heavy atom. The molecule has 0 radical (unpaired) electrons. The van der Waals surface area contributed by atoms with Gasteiger partial charge in [0.25, 0.3) is 10.2 Å². The van der Waals surface area contributed by atoms with E-state index in [0.717, 1.165) is 38.8 Å². The van der Waals surface area contributed by atoms with Gasteiger partial charge in [0, 0.05) is 19.6 Å². The minimum absolute atomic E-state index is 0.126. The fraction of sp³-hybridized carbons (Fsp3) is 1.00. The van der Waals surface area contributed by atoms with Gasteiger partial charge in [0.15, 0.2) is 0 Å². The molecule has 0 aliphatic heterocycles. The molecule has 1 aliphatic rings. The van der Waals surface area contributed by atoms with Crippen molar-refractivity contribution in [2.24, 2.45) is 5.92 Å². The summed E-state index contributed by atoms with van der Waals surface area (Å²) in [5.74, 6) is 0.636. The fourth-order valence-corrected chi connectivity index (χ4v) is 3.52. The number of rotatable bonds is 8. The number of hydrogen-bond acceptors (Lipinski definition) is 3. The molecular weight excluding hydrogens is 250 g/mol. The minimum atomic E-state index is -3.30. The second-order valence-corrected chi connectivity index (χ2v) is 7.08. The molecule has 2 N–H and O–H groups in total. The van der Waals surface area contributed by atoms with Gasteiger partial charge >= 0.3 is 0 Å². The van der Waals surface area contributed by atoms with E-state index >= 15 is 0 Å². The van der Waals surface area contributed by atoms with Crippen LogP contribution in [0, 0.1) is 5.92 Å². The standard InChI is InChI=1S/C12H27N3O2S/c1-4-13-8-5-9-15(3)18(16,17)14-12-7-6-11(2)10-12/h11-14H,4-10H2,1-3H3. The van der Waals surface area contributed by atoms with Crippen LogP contribution in [0.5, 0.6) is 0 Å². The smallest absolute Gasteiger partial charge is 0.279 e. The summed E-state index contributed by atoms with van der Waals surface area (Å²) in [6.07, 6.45) is 3.89. The zero-order valence-corrected chi connectivity index (χ0v) is 12.6. The summed E-state index contributed by atoms with van der Waals surface area (Å²) in [5, 5.41) is 3.19. The average Bonchev–Trinajstić information content (AvgIpc) is 2.69. The maximum absolute atomic E-state index is 12.1. The molecule has 0 heterocycles. The Morgan fingerprint density at radius 2 is 2.06 bits per heavy atom. The molecule has 5 nitrogen and oxygen atoms in total. The Bertz CT molecular complexity index is 332. The highest BCUT2D eigenvalue weighted by molar-refractivity contribution is 7.87. The first-order valence-electron chi connectivity index (χ1n) is 6.90. The Kier molecular flexibility index (Phi) is 6.55. The quantitative estimate of drug-likeness (QED) is 0.649. The van der Waals surface area contributed by atoms with Crippen molar-refractivity contribution in [2.75, 3.05) is 26.7 Å². The molecular formula is C12H27N3O2S. The summed E-state index contributed by atoms with van der Waals surface area (Å²) in [6, 6.07) is 0.126. The van der Waals surface area contributed by atoms with Crippen molar-refractivity contribution in [2.45, 2.75) is 45.6 Å². The molecule has 0 amide bonds. The van der Waals surface area contributed by atoms with Gasteiger partial charge in [-0.2, -0.15) is 17.4 Å². The Labute approximate surface area is 112 Å². The van der Waals surface area contributed by atoms with Gasteiger partial charge in [-0.1, -0.05) is 13.8 Å². The van der Waals surface area contributed by atoms with E-state index in [4.69, 9.17) is 0 Å². The number of hydrogen-bond donors (Lipinski definition) is 2. The van der Waals surface area contributed by atoms with Crippen molar-refractivity contribution in [1.82, 2.24) is 14.3 Å². The maximum Gasteiger partial charge on any atom is 0.279 e. The van der Waals surface area contributed by atoms with Crippen LogP contribution >= 0.6 is 0 Å². The van der Waals surface area contributed by atoms with Crippen molar-refractivity contribution in [1.29, 1.82) is 0 Å². The maximum atomic E-state index is 12.1. The van der Waals surface area contributed by atoms with Crippen molar-refractivity contribution in [3.05, 3.63) is 0 Å². The normalized spacial score (nSPS) is 24.9. The van der Waals surface area contributed by atoms with E-state index in [-0.39, 0.29) is 6.04 Å². The summed E-state index contributed by atoms with van der Waals surface area (Å²) in [7, 11) is -1.65. The third-order valence-corrected chi connectivity index (χ3v) is 5.13. The molecule has 1 aliphatic carbocycles. The van der Waals surface area contributed by atoms with E-state index in [1.807, 2.05) is 6.92 Å². The van der Waals surface area contributed by atoms with Gasteiger partial charge in [-0.25, -0.2) is 0 Å². The van der Waals surface area contributed by atoms with E-state index in [0.29, 0.717) is 12.5 Å². The zero-order chi connectivity index (χ0) is 13.6. The summed E-state index contributed by atoms with van der Waals surface area (Å²) in [5.41, 5.74) is 0. The zero-order valence-electron chi connectivity index (χ0n) is 11.8. The van der Waals surface area contributed by atoms with Crippen LogP contribution in [0.3, 0.4) is 0 Å². The van der Waals surface area contributed by atoms with Crippen LogP contribution in [0.2, 0.25) is 0 Å². The molecule has 2 atom stereocenters. The molecule has 0 aromatic carbocycles. The average molecular weight is 277 g/mol. The summed E-state index contributed by atoms with van der Waals surface area (Å²) in [4.78, 5) is 0. The van der Waals surface area contributed by atoms with Crippen LogP contribution in [-0.2, 0) is 10.2 Å². The molecule has 0 aromatic heterocycles. The first-order chi connectivity index (χ1) is 8.45. The first kappa shape index (κ1) is 15.9. The van der Waals surface area contributed by atoms with Gasteiger partial charge in [-0.15, -0.1) is 0 Å². The van der Waals surface area contributed by atoms with Gasteiger partial charge in [0.1, 0.15) is 0 Å². The molecule has 0 saturated heterocycles. The summed E-state index contributed by atoms with van der Waals surface area (Å²) in [6.45, 7) is 6.56. The van der Waals surface area contributed by atoms with E-state index in [2.05, 4.69) is 17.0 Å². The molecule has 18 heavy (non-hydrogen) atoms. The van der Waals surface area contributed by atoms with Crippen LogP contribution in [0.1, 0.15) is 39.5 Å². The van der Waals surface area contributed by atoms with Gasteiger partial charge in [0.05, 0.1) is 0 Å². The lowest BCUT2D eigenvalue weighted by atomic mass is 10.1. The van der Waals surface area contributed by atoms with E-state index in [1.165, 1.54) is 4.31 Å². The van der Waals surface area contributed by atoms with Crippen molar-refractivity contribution in [3.8, 4) is 0 Å². The lowest BCUT2D eigenvalue weighted by molar-refractivity contribution is 0.434. The molecule has 108 valence electrons. The number of nitrogens with one attached hydrogen (secondary N) is 2. The van der Waals surface area contributed by atoms with Gasteiger partial charge in [-0.3, -0.25) is 0 Å². The molecule has 6 heteroatoms. The summed E-state index contributed by atoms with van der Waals surface area (Å²) < 4.78 is 28.3. The van der Waals surface area contributed by atoms with E-state index in [9.17, 15) is 8.42 Å². The molecule has 2 unspecified atom stereocenters. The lowest BCUT2D eigenvalue weighted by Crippen LogP contribution is -2.43. The topological polar surface area (TPSA) is 61.4 Å². The summed E-state index contributed by atoms with van der Waals surface area (Å²) >= 11 is 0. The minimum Gasteiger partial charge on any atom is -0.317 e. The van der Waals surface area contributed by atoms with Gasteiger partial charge in [0.2, 0.25) is 0 Å². The first-order valence-corrected chi connectivity index (χ1v) is 8.34. The van der Waals surface area contributed by atoms with Crippen molar-refractivity contribution >= 4 is 10.2 Å². The predicted molar refractivity (Wildman–Crippen MR) is 74.6 cm³/mol. The van der Waals surface area contributed by atoms with Crippen LogP contribution in [0.4, 0.5) is 0 Å². The Hall–Kier alpha value is -0.170. The molecule has 1 rings (SSSR count). The third-order valence-electron chi connectivity index (χ3n) is 3.50. The lowest BCUT2D eigenvalue weighted by Gasteiger charge is -2.20. The second-order valence-electron chi connectivity index (χ2n) is 5.27. The van der Waals surface area contributed by atoms with Gasteiger partial charge in [-0.05, 0) is 44.7 Å². The van der Waals surface area contributed by atoms with Crippen LogP contribution < -0.4 is 10.0 Å². The highest BCUT2D eigenvalue weighted by Gasteiger charge is 2.27. The number of nitrogens with zero attached hydrogens (tertiary/aromatic N) is 1. The monoisotopic (exact) mass is 277 g/mol. The molecule has 0 spiro atoms. The van der Waals surface area contributed by atoms with E-state index < -0.39 is 10.2 Å². The Balaban J connectivity index is 2.33.